The second-order valence-electron chi connectivity index (χ2n) is 6.82. The van der Waals surface area contributed by atoms with Crippen LogP contribution in [0.5, 0.6) is 5.75 Å². The lowest BCUT2D eigenvalue weighted by atomic mass is 10.1. The summed E-state index contributed by atoms with van der Waals surface area (Å²) < 4.78 is 5.52. The molecule has 0 heterocycles. The van der Waals surface area contributed by atoms with Crippen molar-refractivity contribution in [3.8, 4) is 5.75 Å². The van der Waals surface area contributed by atoms with Crippen LogP contribution >= 0.6 is 11.6 Å². The number of hydrogen-bond acceptors (Lipinski definition) is 4. The second-order valence-corrected chi connectivity index (χ2v) is 7.22. The Bertz CT molecular complexity index is 1110. The molecule has 0 saturated carbocycles. The van der Waals surface area contributed by atoms with Crippen LogP contribution in [0, 0.1) is 6.92 Å². The van der Waals surface area contributed by atoms with Crippen molar-refractivity contribution in [1.29, 1.82) is 0 Å². The Morgan fingerprint density at radius 3 is 2.57 bits per heavy atom. The van der Waals surface area contributed by atoms with E-state index in [0.29, 0.717) is 22.2 Å². The summed E-state index contributed by atoms with van der Waals surface area (Å²) in [5.74, 6) is -0.0577. The zero-order valence-corrected chi connectivity index (χ0v) is 17.5. The summed E-state index contributed by atoms with van der Waals surface area (Å²) in [7, 11) is 0. The largest absolute Gasteiger partial charge is 0.484 e. The van der Waals surface area contributed by atoms with Gasteiger partial charge in [0.15, 0.2) is 6.61 Å². The molecule has 0 spiro atoms. The number of ether oxygens (including phenoxy) is 1. The van der Waals surface area contributed by atoms with E-state index in [9.17, 15) is 9.59 Å². The molecular formula is C23H22ClN3O3. The van der Waals surface area contributed by atoms with Gasteiger partial charge in [0.2, 0.25) is 5.91 Å². The van der Waals surface area contributed by atoms with Crippen molar-refractivity contribution >= 4 is 45.6 Å². The Balaban J connectivity index is 1.47. The van der Waals surface area contributed by atoms with E-state index in [1.54, 1.807) is 25.1 Å². The Labute approximate surface area is 179 Å². The average Bonchev–Trinajstić information content (AvgIpc) is 2.74. The van der Waals surface area contributed by atoms with Crippen molar-refractivity contribution < 1.29 is 14.3 Å². The molecule has 154 valence electrons. The molecule has 0 unspecified atom stereocenters. The van der Waals surface area contributed by atoms with E-state index in [2.05, 4.69) is 15.8 Å². The Kier molecular flexibility index (Phi) is 7.03. The zero-order chi connectivity index (χ0) is 21.5. The van der Waals surface area contributed by atoms with Gasteiger partial charge in [-0.25, -0.2) is 5.43 Å². The van der Waals surface area contributed by atoms with E-state index in [1.165, 1.54) is 0 Å². The number of hydrazone groups is 1. The number of fused-ring (bicyclic) bond motifs is 1. The molecule has 2 amide bonds. The number of rotatable bonds is 7. The van der Waals surface area contributed by atoms with E-state index in [0.717, 1.165) is 16.3 Å². The van der Waals surface area contributed by atoms with Gasteiger partial charge in [0.1, 0.15) is 5.75 Å². The van der Waals surface area contributed by atoms with Crippen LogP contribution in [0.2, 0.25) is 5.02 Å². The van der Waals surface area contributed by atoms with Crippen LogP contribution in [0.25, 0.3) is 10.8 Å². The summed E-state index contributed by atoms with van der Waals surface area (Å²) in [4.78, 5) is 24.2. The third kappa shape index (κ3) is 5.81. The van der Waals surface area contributed by atoms with Crippen molar-refractivity contribution in [2.45, 2.75) is 20.3 Å². The highest BCUT2D eigenvalue weighted by Crippen LogP contribution is 2.23. The number of carbonyl (C=O) groups is 2. The van der Waals surface area contributed by atoms with Crippen molar-refractivity contribution in [2.75, 3.05) is 11.9 Å². The maximum Gasteiger partial charge on any atom is 0.277 e. The van der Waals surface area contributed by atoms with E-state index < -0.39 is 5.91 Å². The van der Waals surface area contributed by atoms with Crippen LogP contribution in [0.1, 0.15) is 18.9 Å². The van der Waals surface area contributed by atoms with E-state index in [-0.39, 0.29) is 18.9 Å². The molecule has 0 saturated heterocycles. The Hall–Kier alpha value is -3.38. The predicted octanol–water partition coefficient (Wildman–Crippen LogP) is 4.70. The molecule has 0 aliphatic heterocycles. The van der Waals surface area contributed by atoms with E-state index in [4.69, 9.17) is 16.3 Å². The molecule has 3 rings (SSSR count). The molecule has 0 radical (unpaired) electrons. The number of nitrogens with zero attached hydrogens (tertiary/aromatic N) is 1. The molecule has 7 heteroatoms. The van der Waals surface area contributed by atoms with Crippen molar-refractivity contribution in [3.05, 3.63) is 71.2 Å². The minimum atomic E-state index is -0.409. The smallest absolute Gasteiger partial charge is 0.277 e. The fourth-order valence-electron chi connectivity index (χ4n) is 2.81. The van der Waals surface area contributed by atoms with Crippen molar-refractivity contribution in [3.63, 3.8) is 0 Å². The number of amides is 2. The molecule has 0 fully saturated rings. The van der Waals surface area contributed by atoms with Gasteiger partial charge in [0.05, 0.1) is 6.42 Å². The van der Waals surface area contributed by atoms with Crippen LogP contribution in [0.15, 0.2) is 65.8 Å². The maximum absolute atomic E-state index is 12.2. The van der Waals surface area contributed by atoms with Crippen LogP contribution in [0.4, 0.5) is 5.69 Å². The summed E-state index contributed by atoms with van der Waals surface area (Å²) in [6.45, 7) is 3.31. The summed E-state index contributed by atoms with van der Waals surface area (Å²) >= 11 is 6.06. The van der Waals surface area contributed by atoms with Gasteiger partial charge in [-0.1, -0.05) is 48.0 Å². The monoisotopic (exact) mass is 423 g/mol. The number of nitrogens with one attached hydrogen (secondary N) is 2. The average molecular weight is 424 g/mol. The van der Waals surface area contributed by atoms with Gasteiger partial charge in [-0.15, -0.1) is 0 Å². The molecule has 0 bridgehead atoms. The first-order valence-electron chi connectivity index (χ1n) is 9.41. The van der Waals surface area contributed by atoms with Crippen molar-refractivity contribution in [2.24, 2.45) is 5.10 Å². The highest BCUT2D eigenvalue weighted by Gasteiger charge is 2.09. The number of halogens is 1. The summed E-state index contributed by atoms with van der Waals surface area (Å²) in [6.07, 6.45) is 0.0394. The van der Waals surface area contributed by atoms with Gasteiger partial charge in [-0.3, -0.25) is 9.59 Å². The van der Waals surface area contributed by atoms with Gasteiger partial charge in [-0.2, -0.15) is 5.10 Å². The first-order valence-corrected chi connectivity index (χ1v) is 9.79. The molecule has 2 N–H and O–H groups in total. The maximum atomic E-state index is 12.2. The molecule has 0 aliphatic carbocycles. The number of carbonyl (C=O) groups excluding carboxylic acids is 2. The molecule has 0 aromatic heterocycles. The molecule has 0 atom stereocenters. The molecule has 0 aliphatic rings. The van der Waals surface area contributed by atoms with Crippen LogP contribution < -0.4 is 15.5 Å². The topological polar surface area (TPSA) is 79.8 Å². The normalized spacial score (nSPS) is 11.2. The fraction of sp³-hybridized carbons (Fsp3) is 0.174. The first-order chi connectivity index (χ1) is 14.4. The van der Waals surface area contributed by atoms with Crippen molar-refractivity contribution in [1.82, 2.24) is 5.43 Å². The van der Waals surface area contributed by atoms with Gasteiger partial charge < -0.3 is 10.1 Å². The lowest BCUT2D eigenvalue weighted by molar-refractivity contribution is -0.123. The Morgan fingerprint density at radius 2 is 1.77 bits per heavy atom. The highest BCUT2D eigenvalue weighted by molar-refractivity contribution is 6.31. The number of hydrogen-bond donors (Lipinski definition) is 2. The molecule has 3 aromatic rings. The predicted molar refractivity (Wildman–Crippen MR) is 120 cm³/mol. The van der Waals surface area contributed by atoms with Crippen LogP contribution in [-0.4, -0.2) is 24.1 Å². The van der Waals surface area contributed by atoms with Crippen LogP contribution in [0.3, 0.4) is 0 Å². The molecule has 6 nitrogen and oxygen atoms in total. The first kappa shape index (κ1) is 21.3. The van der Waals surface area contributed by atoms with E-state index in [1.807, 2.05) is 49.4 Å². The van der Waals surface area contributed by atoms with Crippen LogP contribution in [-0.2, 0) is 9.59 Å². The number of anilines is 1. The second kappa shape index (κ2) is 9.89. The van der Waals surface area contributed by atoms with Gasteiger partial charge >= 0.3 is 0 Å². The zero-order valence-electron chi connectivity index (χ0n) is 16.7. The standard InChI is InChI=1S/C23H22ClN3O3/c1-15(12-22(28)25-21-9-5-8-20(24)16(21)2)26-27-23(29)14-30-19-11-10-17-6-3-4-7-18(17)13-19/h3-11,13H,12,14H2,1-2H3,(H,25,28)(H,27,29). The molecule has 3 aromatic carbocycles. The third-order valence-corrected chi connectivity index (χ3v) is 4.83. The lowest BCUT2D eigenvalue weighted by Crippen LogP contribution is -2.26. The summed E-state index contributed by atoms with van der Waals surface area (Å²) in [5.41, 5.74) is 4.31. The summed E-state index contributed by atoms with van der Waals surface area (Å²) in [6, 6.07) is 18.8. The number of benzene rings is 3. The summed E-state index contributed by atoms with van der Waals surface area (Å²) in [5, 5.41) is 9.46. The SMILES string of the molecule is CC(CC(=O)Nc1cccc(Cl)c1C)=NNC(=O)COc1ccc2ccccc2c1. The van der Waals surface area contributed by atoms with Gasteiger partial charge in [-0.05, 0) is 54.4 Å². The lowest BCUT2D eigenvalue weighted by Gasteiger charge is -2.09. The highest BCUT2D eigenvalue weighted by atomic mass is 35.5. The van der Waals surface area contributed by atoms with Gasteiger partial charge in [0.25, 0.3) is 5.91 Å². The fourth-order valence-corrected chi connectivity index (χ4v) is 2.98. The third-order valence-electron chi connectivity index (χ3n) is 4.42. The van der Waals surface area contributed by atoms with E-state index >= 15 is 0 Å². The minimum Gasteiger partial charge on any atom is -0.484 e. The quantitative estimate of drug-likeness (QED) is 0.427. The Morgan fingerprint density at radius 1 is 1.00 bits per heavy atom. The molecule has 30 heavy (non-hydrogen) atoms. The van der Waals surface area contributed by atoms with Gasteiger partial charge in [0, 0.05) is 16.4 Å². The minimum absolute atomic E-state index is 0.0394. The molecular weight excluding hydrogens is 402 g/mol.